The molecule has 0 spiro atoms. The first-order valence-electron chi connectivity index (χ1n) is 24.4. The van der Waals surface area contributed by atoms with Crippen molar-refractivity contribution in [2.45, 2.75) is 114 Å². The zero-order chi connectivity index (χ0) is 50.2. The van der Waals surface area contributed by atoms with E-state index in [0.29, 0.717) is 65.3 Å². The fourth-order valence-corrected chi connectivity index (χ4v) is 10.1. The molecule has 2 saturated carbocycles. The lowest BCUT2D eigenvalue weighted by Crippen LogP contribution is -2.58. The molecule has 15 nitrogen and oxygen atoms in total. The summed E-state index contributed by atoms with van der Waals surface area (Å²) in [5.41, 5.74) is 3.33. The molecule has 4 aromatic rings. The summed E-state index contributed by atoms with van der Waals surface area (Å²) >= 11 is 12.8. The molecule has 2 N–H and O–H groups in total. The van der Waals surface area contributed by atoms with Gasteiger partial charge in [-0.15, -0.1) is 0 Å². The number of hydrogen-bond donors (Lipinski definition) is 2. The van der Waals surface area contributed by atoms with Gasteiger partial charge in [-0.05, 0) is 107 Å². The molecule has 5 amide bonds. The number of hydrogen-bond acceptors (Lipinski definition) is 9. The Morgan fingerprint density at radius 2 is 1.51 bits per heavy atom. The largest absolute Gasteiger partial charge is 0.457 e. The van der Waals surface area contributed by atoms with Gasteiger partial charge < -0.3 is 44.3 Å². The molecule has 70 heavy (non-hydrogen) atoms. The molecule has 6 atom stereocenters. The molecule has 2 aliphatic carbocycles. The normalized spacial score (nSPS) is 23.5. The molecule has 0 unspecified atom stereocenters. The minimum atomic E-state index is -1.17. The van der Waals surface area contributed by atoms with Crippen LogP contribution in [0.2, 0.25) is 10.0 Å². The van der Waals surface area contributed by atoms with E-state index in [0.717, 1.165) is 48.3 Å². The predicted octanol–water partition coefficient (Wildman–Crippen LogP) is 7.26. The average molecular weight is 1000 g/mol. The van der Waals surface area contributed by atoms with E-state index >= 15 is 4.79 Å². The van der Waals surface area contributed by atoms with Crippen LogP contribution in [0.25, 0.3) is 11.3 Å². The predicted molar refractivity (Wildman–Crippen MR) is 270 cm³/mol. The number of ether oxygens (including phenoxy) is 2. The second-order valence-corrected chi connectivity index (χ2v) is 20.5. The van der Waals surface area contributed by atoms with E-state index in [-0.39, 0.29) is 49.9 Å². The maximum absolute atomic E-state index is 15.0. The van der Waals surface area contributed by atoms with Gasteiger partial charge in [0.2, 0.25) is 29.5 Å². The number of benzene rings is 3. The Morgan fingerprint density at radius 1 is 0.814 bits per heavy atom. The minimum Gasteiger partial charge on any atom is -0.457 e. The average Bonchev–Trinajstić information content (AvgIpc) is 4.09. The fourth-order valence-electron chi connectivity index (χ4n) is 9.81. The van der Waals surface area contributed by atoms with Gasteiger partial charge in [-0.3, -0.25) is 24.0 Å². The zero-order valence-electron chi connectivity index (χ0n) is 41.5. The molecule has 0 radical (unpaired) electrons. The van der Waals surface area contributed by atoms with Crippen molar-refractivity contribution >= 4 is 52.7 Å². The lowest BCUT2D eigenvalue weighted by Gasteiger charge is -2.40. The number of methoxy groups -OCH3 is 1. The van der Waals surface area contributed by atoms with Gasteiger partial charge in [-0.1, -0.05) is 67.1 Å². The van der Waals surface area contributed by atoms with Gasteiger partial charge in [-0.25, -0.2) is 4.98 Å². The first-order valence-corrected chi connectivity index (χ1v) is 25.1. The van der Waals surface area contributed by atoms with Crippen molar-refractivity contribution < 1.29 is 33.4 Å². The van der Waals surface area contributed by atoms with Gasteiger partial charge in [0.15, 0.2) is 0 Å². The summed E-state index contributed by atoms with van der Waals surface area (Å²) in [6.07, 6.45) is 7.61. The molecule has 3 fully saturated rings. The number of carbonyl (C=O) groups excluding carboxylic acids is 5. The smallest absolute Gasteiger partial charge is 0.247 e. The highest BCUT2D eigenvalue weighted by Crippen LogP contribution is 2.38. The molecular formula is C53H68Cl2N8O7. The van der Waals surface area contributed by atoms with Crippen LogP contribution in [0.3, 0.4) is 0 Å². The van der Waals surface area contributed by atoms with Crippen LogP contribution in [0.5, 0.6) is 11.5 Å². The Labute approximate surface area is 422 Å². The summed E-state index contributed by atoms with van der Waals surface area (Å²) in [6.45, 7) is 2.06. The van der Waals surface area contributed by atoms with E-state index in [1.807, 2.05) is 63.7 Å². The second-order valence-electron chi connectivity index (χ2n) is 19.6. The second kappa shape index (κ2) is 23.6. The molecule has 0 bridgehead atoms. The number of amides is 5. The van der Waals surface area contributed by atoms with Gasteiger partial charge in [0.25, 0.3) is 0 Å². The van der Waals surface area contributed by atoms with E-state index in [9.17, 15) is 19.2 Å². The fraction of sp³-hybridized carbons (Fsp3) is 0.509. The Kier molecular flexibility index (Phi) is 17.7. The van der Waals surface area contributed by atoms with Crippen LogP contribution in [0.15, 0.2) is 72.9 Å². The summed E-state index contributed by atoms with van der Waals surface area (Å²) in [5, 5.41) is 7.11. The Balaban J connectivity index is 1.22. The SMILES string of the molecule is COC[C@@H]1NC(=O)[C@H](C)N(Cc2ccc(Cl)cc2Oc2ccc(-c3cnc(CN(C)C)n3C)cc2)C(=O)C[C@@H](CC2CC2)C(=O)N(C)[C@H]2CCCC[C@@H]2NC(=O)C[C@H](Cc2ccc(Cl)cc2)N(C)C1=O. The third-order valence-corrected chi connectivity index (χ3v) is 14.6. The molecule has 2 heterocycles. The number of halogens is 2. The number of likely N-dealkylation sites (N-methyl/N-ethyl adjacent to an activating group) is 2. The summed E-state index contributed by atoms with van der Waals surface area (Å²) in [7, 11) is 10.8. The number of carbonyl (C=O) groups is 5. The van der Waals surface area contributed by atoms with Crippen LogP contribution in [0, 0.1) is 11.8 Å². The topological polar surface area (TPSA) is 159 Å². The Morgan fingerprint density at radius 3 is 2.20 bits per heavy atom. The van der Waals surface area contributed by atoms with Crippen LogP contribution in [-0.4, -0.2) is 131 Å². The minimum absolute atomic E-state index is 0.0275. The monoisotopic (exact) mass is 998 g/mol. The molecule has 3 aliphatic rings. The highest BCUT2D eigenvalue weighted by molar-refractivity contribution is 6.31. The van der Waals surface area contributed by atoms with Crippen LogP contribution in [0.4, 0.5) is 0 Å². The first-order chi connectivity index (χ1) is 33.5. The number of fused-ring (bicyclic) bond motifs is 1. The van der Waals surface area contributed by atoms with Crippen LogP contribution in [-0.2, 0) is 55.3 Å². The lowest BCUT2D eigenvalue weighted by atomic mass is 9.87. The highest BCUT2D eigenvalue weighted by Gasteiger charge is 2.40. The zero-order valence-corrected chi connectivity index (χ0v) is 43.0. The number of aromatic nitrogens is 2. The van der Waals surface area contributed by atoms with Gasteiger partial charge in [-0.2, -0.15) is 0 Å². The number of nitrogens with zero attached hydrogens (tertiary/aromatic N) is 6. The van der Waals surface area contributed by atoms with Crippen molar-refractivity contribution in [1.29, 1.82) is 0 Å². The molecule has 376 valence electrons. The molecular weight excluding hydrogens is 932 g/mol. The molecule has 3 aromatic carbocycles. The van der Waals surface area contributed by atoms with Crippen LogP contribution < -0.4 is 15.4 Å². The molecule has 17 heteroatoms. The Hall–Kier alpha value is -5.48. The molecule has 7 rings (SSSR count). The quantitative estimate of drug-likeness (QED) is 0.141. The summed E-state index contributed by atoms with van der Waals surface area (Å²) < 4.78 is 14.1. The van der Waals surface area contributed by atoms with E-state index in [1.54, 1.807) is 56.3 Å². The number of rotatable bonds is 13. The van der Waals surface area contributed by atoms with E-state index in [1.165, 1.54) is 16.9 Å². The van der Waals surface area contributed by atoms with E-state index in [2.05, 4.69) is 25.1 Å². The van der Waals surface area contributed by atoms with Crippen molar-refractivity contribution in [3.63, 3.8) is 0 Å². The van der Waals surface area contributed by atoms with Crippen molar-refractivity contribution in [2.24, 2.45) is 18.9 Å². The first kappa shape index (κ1) is 52.3. The van der Waals surface area contributed by atoms with Gasteiger partial charge >= 0.3 is 0 Å². The summed E-state index contributed by atoms with van der Waals surface area (Å²) in [6, 6.07) is 16.5. The summed E-state index contributed by atoms with van der Waals surface area (Å²) in [4.78, 5) is 84.5. The number of nitrogens with one attached hydrogen (secondary N) is 2. The van der Waals surface area contributed by atoms with Crippen LogP contribution in [0.1, 0.15) is 81.7 Å². The maximum atomic E-state index is 15.0. The van der Waals surface area contributed by atoms with Crippen molar-refractivity contribution in [3.05, 3.63) is 99.9 Å². The third kappa shape index (κ3) is 13.3. The Bertz CT molecular complexity index is 2480. The van der Waals surface area contributed by atoms with Crippen molar-refractivity contribution in [2.75, 3.05) is 41.9 Å². The van der Waals surface area contributed by atoms with Gasteiger partial charge in [0, 0.05) is 80.3 Å². The van der Waals surface area contributed by atoms with E-state index < -0.39 is 41.8 Å². The van der Waals surface area contributed by atoms with E-state index in [4.69, 9.17) is 32.7 Å². The third-order valence-electron chi connectivity index (χ3n) is 14.1. The standard InChI is InChI=1S/C53H68Cl2N8O7/c1-33-51(66)58-44(32-69-7)53(68)60(4)41(25-35-14-19-39(54)20-15-35)28-49(64)57-43-10-8-9-11-45(43)62(6)52(67)38(24-34-12-13-34)26-50(65)63(33)30-37-16-21-40(55)27-47(37)70-42-22-17-36(18-23-42)46-29-56-48(61(46)5)31-59(2)3/h14-23,27,29,33-34,38,41,43-45H,8-13,24-26,28,30-32H2,1-7H3,(H,57,64)(H,58,66)/t33-,38+,41-,43-,44-,45-/m0/s1. The molecule has 1 aromatic heterocycles. The van der Waals surface area contributed by atoms with Crippen molar-refractivity contribution in [1.82, 2.24) is 39.8 Å². The van der Waals surface area contributed by atoms with Gasteiger partial charge in [0.1, 0.15) is 29.4 Å². The van der Waals surface area contributed by atoms with Gasteiger partial charge in [0.05, 0.1) is 37.6 Å². The van der Waals surface area contributed by atoms with Crippen molar-refractivity contribution in [3.8, 4) is 22.8 Å². The molecule has 1 aliphatic heterocycles. The maximum Gasteiger partial charge on any atom is 0.247 e. The lowest BCUT2D eigenvalue weighted by molar-refractivity contribution is -0.147. The highest BCUT2D eigenvalue weighted by atomic mass is 35.5. The molecule has 1 saturated heterocycles. The number of imidazole rings is 1. The summed E-state index contributed by atoms with van der Waals surface area (Å²) in [5.74, 6) is -0.410. The van der Waals surface area contributed by atoms with Crippen LogP contribution >= 0.6 is 23.2 Å².